The molecule has 1 atom stereocenters. The summed E-state index contributed by atoms with van der Waals surface area (Å²) in [6, 6.07) is 11.7. The molecule has 1 heterocycles. The number of nitrogens with zero attached hydrogens (tertiary/aromatic N) is 2. The van der Waals surface area contributed by atoms with E-state index in [0.717, 1.165) is 5.01 Å². The second-order valence-corrected chi connectivity index (χ2v) is 7.39. The Balaban J connectivity index is 1.87. The van der Waals surface area contributed by atoms with E-state index in [-0.39, 0.29) is 6.10 Å². The molecule has 3 rings (SSSR count). The Morgan fingerprint density at radius 1 is 1.21 bits per heavy atom. The van der Waals surface area contributed by atoms with E-state index in [9.17, 15) is 9.59 Å². The molecule has 29 heavy (non-hydrogen) atoms. The van der Waals surface area contributed by atoms with Crippen LogP contribution in [0.1, 0.15) is 31.9 Å². The van der Waals surface area contributed by atoms with E-state index in [0.29, 0.717) is 27.6 Å². The maximum absolute atomic E-state index is 12.9. The van der Waals surface area contributed by atoms with Crippen LogP contribution in [0.15, 0.2) is 47.6 Å². The van der Waals surface area contributed by atoms with Gasteiger partial charge in [-0.1, -0.05) is 41.9 Å². The first-order valence-electron chi connectivity index (χ1n) is 9.06. The van der Waals surface area contributed by atoms with Gasteiger partial charge in [-0.3, -0.25) is 4.79 Å². The number of urea groups is 1. The van der Waals surface area contributed by atoms with Gasteiger partial charge in [-0.15, -0.1) is 5.01 Å². The van der Waals surface area contributed by atoms with Crippen molar-refractivity contribution in [3.63, 3.8) is 0 Å². The van der Waals surface area contributed by atoms with Gasteiger partial charge in [0.25, 0.3) is 5.91 Å². The van der Waals surface area contributed by atoms with E-state index in [4.69, 9.17) is 21.1 Å². The fourth-order valence-corrected chi connectivity index (χ4v) is 3.25. The van der Waals surface area contributed by atoms with Crippen molar-refractivity contribution in [1.82, 2.24) is 10.3 Å². The number of hydrogen-bond donors (Lipinski definition) is 1. The van der Waals surface area contributed by atoms with Crippen LogP contribution in [0.3, 0.4) is 0 Å². The Morgan fingerprint density at radius 3 is 2.52 bits per heavy atom. The smallest absolute Gasteiger partial charge is 0.346 e. The standard InChI is InChI=1S/C21H22ClN3O4/c1-13(2)29-18-16(22)10-14(11-17(18)28-4)12-23-25-19(26)21(3,24-20(25)27)15-8-6-5-7-9-15/h5-13H,1-4H3,(H,24,27)/b23-12-/t21-/m0/s1. The third-order valence-electron chi connectivity index (χ3n) is 4.45. The Bertz CT molecular complexity index is 962. The van der Waals surface area contributed by atoms with Crippen molar-refractivity contribution in [2.45, 2.75) is 32.4 Å². The second kappa shape index (κ2) is 8.13. The highest BCUT2D eigenvalue weighted by Crippen LogP contribution is 2.37. The van der Waals surface area contributed by atoms with Crippen molar-refractivity contribution in [1.29, 1.82) is 0 Å². The van der Waals surface area contributed by atoms with Gasteiger partial charge >= 0.3 is 6.03 Å². The van der Waals surface area contributed by atoms with Crippen molar-refractivity contribution < 1.29 is 19.1 Å². The molecule has 1 aliphatic rings. The molecule has 1 saturated heterocycles. The van der Waals surface area contributed by atoms with Crippen LogP contribution in [0, 0.1) is 0 Å². The van der Waals surface area contributed by atoms with Crippen LogP contribution in [0.4, 0.5) is 4.79 Å². The van der Waals surface area contributed by atoms with Gasteiger partial charge in [-0.2, -0.15) is 5.10 Å². The monoisotopic (exact) mass is 415 g/mol. The maximum atomic E-state index is 12.9. The first kappa shape index (κ1) is 20.7. The van der Waals surface area contributed by atoms with Gasteiger partial charge in [0.2, 0.25) is 0 Å². The number of hydrazone groups is 1. The summed E-state index contributed by atoms with van der Waals surface area (Å²) in [5.41, 5.74) is 0.0489. The zero-order valence-electron chi connectivity index (χ0n) is 16.6. The molecule has 1 fully saturated rings. The Morgan fingerprint density at radius 2 is 1.90 bits per heavy atom. The summed E-state index contributed by atoms with van der Waals surface area (Å²) in [6.07, 6.45) is 1.30. The molecule has 0 unspecified atom stereocenters. The maximum Gasteiger partial charge on any atom is 0.346 e. The minimum atomic E-state index is -1.18. The zero-order valence-corrected chi connectivity index (χ0v) is 17.4. The minimum absolute atomic E-state index is 0.0810. The molecule has 0 radical (unpaired) electrons. The first-order chi connectivity index (χ1) is 13.8. The van der Waals surface area contributed by atoms with Crippen molar-refractivity contribution >= 4 is 29.8 Å². The highest BCUT2D eigenvalue weighted by atomic mass is 35.5. The topological polar surface area (TPSA) is 80.2 Å². The number of carbonyl (C=O) groups excluding carboxylic acids is 2. The fraction of sp³-hybridized carbons (Fsp3) is 0.286. The summed E-state index contributed by atoms with van der Waals surface area (Å²) in [5.74, 6) is 0.384. The van der Waals surface area contributed by atoms with Crippen LogP contribution in [-0.4, -0.2) is 36.4 Å². The van der Waals surface area contributed by atoms with Gasteiger partial charge < -0.3 is 14.8 Å². The molecule has 3 amide bonds. The molecule has 0 saturated carbocycles. The predicted molar refractivity (Wildman–Crippen MR) is 111 cm³/mol. The number of ether oxygens (including phenoxy) is 2. The Labute approximate surface area is 174 Å². The molecule has 2 aromatic rings. The Hall–Kier alpha value is -3.06. The highest BCUT2D eigenvalue weighted by Gasteiger charge is 2.49. The fourth-order valence-electron chi connectivity index (χ4n) is 2.99. The number of amides is 3. The molecule has 2 aromatic carbocycles. The Kier molecular flexibility index (Phi) is 5.79. The summed E-state index contributed by atoms with van der Waals surface area (Å²) in [5, 5.41) is 7.93. The molecule has 7 nitrogen and oxygen atoms in total. The molecular formula is C21H22ClN3O4. The normalized spacial score (nSPS) is 19.2. The second-order valence-electron chi connectivity index (χ2n) is 6.98. The van der Waals surface area contributed by atoms with E-state index >= 15 is 0 Å². The lowest BCUT2D eigenvalue weighted by atomic mass is 9.92. The van der Waals surface area contributed by atoms with E-state index in [1.165, 1.54) is 13.3 Å². The molecule has 1 aliphatic heterocycles. The SMILES string of the molecule is COc1cc(/C=N\N2C(=O)N[C@@](C)(c3ccccc3)C2=O)cc(Cl)c1OC(C)C. The number of halogens is 1. The lowest BCUT2D eigenvalue weighted by Gasteiger charge is -2.21. The van der Waals surface area contributed by atoms with Gasteiger partial charge in [-0.25, -0.2) is 4.79 Å². The summed E-state index contributed by atoms with van der Waals surface area (Å²) >= 11 is 6.31. The lowest BCUT2D eigenvalue weighted by Crippen LogP contribution is -2.40. The zero-order chi connectivity index (χ0) is 21.2. The number of imide groups is 1. The number of hydrogen-bond acceptors (Lipinski definition) is 5. The number of nitrogens with one attached hydrogen (secondary N) is 1. The average molecular weight is 416 g/mol. The van der Waals surface area contributed by atoms with Crippen LogP contribution in [0.5, 0.6) is 11.5 Å². The first-order valence-corrected chi connectivity index (χ1v) is 9.44. The van der Waals surface area contributed by atoms with E-state index < -0.39 is 17.5 Å². The van der Waals surface area contributed by atoms with Crippen molar-refractivity contribution in [2.24, 2.45) is 5.10 Å². The molecule has 8 heteroatoms. The molecule has 0 aliphatic carbocycles. The summed E-state index contributed by atoms with van der Waals surface area (Å²) in [4.78, 5) is 25.3. The largest absolute Gasteiger partial charge is 0.493 e. The summed E-state index contributed by atoms with van der Waals surface area (Å²) < 4.78 is 11.0. The third kappa shape index (κ3) is 4.05. The van der Waals surface area contributed by atoms with Crippen molar-refractivity contribution in [3.8, 4) is 11.5 Å². The number of methoxy groups -OCH3 is 1. The van der Waals surface area contributed by atoms with Crippen LogP contribution in [0.2, 0.25) is 5.02 Å². The van der Waals surface area contributed by atoms with E-state index in [1.807, 2.05) is 19.9 Å². The summed E-state index contributed by atoms with van der Waals surface area (Å²) in [7, 11) is 1.50. The van der Waals surface area contributed by atoms with Crippen LogP contribution in [0.25, 0.3) is 0 Å². The number of carbonyl (C=O) groups is 2. The van der Waals surface area contributed by atoms with Crippen LogP contribution in [-0.2, 0) is 10.3 Å². The van der Waals surface area contributed by atoms with Gasteiger partial charge in [0, 0.05) is 0 Å². The average Bonchev–Trinajstić information content (AvgIpc) is 2.91. The molecule has 0 aromatic heterocycles. The molecule has 152 valence electrons. The van der Waals surface area contributed by atoms with Crippen molar-refractivity contribution in [3.05, 3.63) is 58.6 Å². The van der Waals surface area contributed by atoms with E-state index in [2.05, 4.69) is 10.4 Å². The van der Waals surface area contributed by atoms with Gasteiger partial charge in [0.1, 0.15) is 5.54 Å². The number of benzene rings is 2. The minimum Gasteiger partial charge on any atom is -0.493 e. The quantitative estimate of drug-likeness (QED) is 0.572. The van der Waals surface area contributed by atoms with Gasteiger partial charge in [0.15, 0.2) is 11.5 Å². The highest BCUT2D eigenvalue weighted by molar-refractivity contribution is 6.32. The molecule has 0 bridgehead atoms. The summed E-state index contributed by atoms with van der Waals surface area (Å²) in [6.45, 7) is 5.41. The van der Waals surface area contributed by atoms with Crippen LogP contribution >= 0.6 is 11.6 Å². The van der Waals surface area contributed by atoms with Gasteiger partial charge in [-0.05, 0) is 44.0 Å². The molecular weight excluding hydrogens is 394 g/mol. The lowest BCUT2D eigenvalue weighted by molar-refractivity contribution is -0.131. The van der Waals surface area contributed by atoms with Crippen molar-refractivity contribution in [2.75, 3.05) is 7.11 Å². The molecule has 0 spiro atoms. The molecule has 1 N–H and O–H groups in total. The van der Waals surface area contributed by atoms with Crippen LogP contribution < -0.4 is 14.8 Å². The number of rotatable bonds is 6. The van der Waals surface area contributed by atoms with Gasteiger partial charge in [0.05, 0.1) is 24.5 Å². The third-order valence-corrected chi connectivity index (χ3v) is 4.73. The predicted octanol–water partition coefficient (Wildman–Crippen LogP) is 3.94. The van der Waals surface area contributed by atoms with E-state index in [1.54, 1.807) is 43.3 Å².